The fraction of sp³-hybridized carbons (Fsp3) is 0.900. The zero-order valence-corrected chi connectivity index (χ0v) is 15.5. The van der Waals surface area contributed by atoms with Gasteiger partial charge < -0.3 is 9.80 Å². The Kier molecular flexibility index (Phi) is 11.3. The van der Waals surface area contributed by atoms with Gasteiger partial charge in [-0.2, -0.15) is 0 Å². The molecular weight excluding hydrogens is 268 g/mol. The monoisotopic (exact) mass is 308 g/mol. The Morgan fingerprint density at radius 3 is 1.73 bits per heavy atom. The molecular formula is C20H40N2. The summed E-state index contributed by atoms with van der Waals surface area (Å²) >= 11 is 0. The van der Waals surface area contributed by atoms with E-state index in [0.717, 1.165) is 0 Å². The smallest absolute Gasteiger partial charge is 0.101 e. The highest BCUT2D eigenvalue weighted by molar-refractivity contribution is 4.96. The SMILES string of the molecule is CCCCCCCCN1C=CN(CCCC)C1CCCCC. The van der Waals surface area contributed by atoms with E-state index in [1.807, 2.05) is 0 Å². The van der Waals surface area contributed by atoms with Gasteiger partial charge in [0.15, 0.2) is 0 Å². The summed E-state index contributed by atoms with van der Waals surface area (Å²) in [6.07, 6.45) is 21.8. The Hall–Kier alpha value is -0.660. The topological polar surface area (TPSA) is 6.48 Å². The van der Waals surface area contributed by atoms with Gasteiger partial charge in [0, 0.05) is 25.5 Å². The van der Waals surface area contributed by atoms with E-state index in [9.17, 15) is 0 Å². The number of hydrogen-bond acceptors (Lipinski definition) is 2. The van der Waals surface area contributed by atoms with Crippen molar-refractivity contribution in [3.63, 3.8) is 0 Å². The van der Waals surface area contributed by atoms with Crippen LogP contribution in [0.15, 0.2) is 12.4 Å². The summed E-state index contributed by atoms with van der Waals surface area (Å²) in [5.74, 6) is 0. The second kappa shape index (κ2) is 12.8. The maximum Gasteiger partial charge on any atom is 0.101 e. The largest absolute Gasteiger partial charge is 0.356 e. The van der Waals surface area contributed by atoms with Crippen LogP contribution in [0.2, 0.25) is 0 Å². The van der Waals surface area contributed by atoms with Crippen molar-refractivity contribution < 1.29 is 0 Å². The second-order valence-electron chi connectivity index (χ2n) is 6.87. The maximum absolute atomic E-state index is 2.62. The van der Waals surface area contributed by atoms with Crippen molar-refractivity contribution in [2.24, 2.45) is 0 Å². The zero-order valence-electron chi connectivity index (χ0n) is 15.5. The molecule has 0 N–H and O–H groups in total. The van der Waals surface area contributed by atoms with Crippen LogP contribution in [-0.4, -0.2) is 29.1 Å². The third-order valence-electron chi connectivity index (χ3n) is 4.82. The van der Waals surface area contributed by atoms with Crippen molar-refractivity contribution in [1.82, 2.24) is 9.80 Å². The summed E-state index contributed by atoms with van der Waals surface area (Å²) in [5, 5.41) is 0. The molecule has 0 saturated carbocycles. The van der Waals surface area contributed by atoms with Crippen molar-refractivity contribution in [3.05, 3.63) is 12.4 Å². The molecule has 0 saturated heterocycles. The summed E-state index contributed by atoms with van der Waals surface area (Å²) in [6, 6.07) is 0. The first-order valence-electron chi connectivity index (χ1n) is 10.0. The standard InChI is InChI=1S/C20H40N2/c1-4-7-10-11-12-14-17-22-19-18-21(16-9-6-3)20(22)15-13-8-5-2/h18-20H,4-17H2,1-3H3. The van der Waals surface area contributed by atoms with Crippen molar-refractivity contribution in [2.45, 2.75) is 104 Å². The van der Waals surface area contributed by atoms with Gasteiger partial charge in [-0.05, 0) is 25.7 Å². The van der Waals surface area contributed by atoms with Crippen LogP contribution in [0.4, 0.5) is 0 Å². The number of rotatable bonds is 14. The lowest BCUT2D eigenvalue weighted by atomic mass is 10.1. The highest BCUT2D eigenvalue weighted by Gasteiger charge is 2.24. The van der Waals surface area contributed by atoms with Crippen LogP contribution in [-0.2, 0) is 0 Å². The maximum atomic E-state index is 2.62. The first-order valence-corrected chi connectivity index (χ1v) is 10.0. The number of unbranched alkanes of at least 4 members (excludes halogenated alkanes) is 8. The lowest BCUT2D eigenvalue weighted by Gasteiger charge is -2.33. The third-order valence-corrected chi connectivity index (χ3v) is 4.82. The Morgan fingerprint density at radius 1 is 0.591 bits per heavy atom. The van der Waals surface area contributed by atoms with Gasteiger partial charge in [-0.1, -0.05) is 72.1 Å². The van der Waals surface area contributed by atoms with Crippen molar-refractivity contribution in [1.29, 1.82) is 0 Å². The first-order chi connectivity index (χ1) is 10.8. The quantitative estimate of drug-likeness (QED) is 0.355. The van der Waals surface area contributed by atoms with Crippen LogP contribution in [0.1, 0.15) is 97.8 Å². The Morgan fingerprint density at radius 2 is 1.09 bits per heavy atom. The molecule has 1 rings (SSSR count). The molecule has 0 bridgehead atoms. The third kappa shape index (κ3) is 7.56. The van der Waals surface area contributed by atoms with E-state index >= 15 is 0 Å². The van der Waals surface area contributed by atoms with Gasteiger partial charge in [-0.25, -0.2) is 0 Å². The fourth-order valence-electron chi connectivity index (χ4n) is 3.33. The molecule has 2 heteroatoms. The van der Waals surface area contributed by atoms with Gasteiger partial charge >= 0.3 is 0 Å². The molecule has 0 aromatic rings. The molecule has 1 atom stereocenters. The molecule has 0 amide bonds. The summed E-state index contributed by atoms with van der Waals surface area (Å²) < 4.78 is 0. The molecule has 0 radical (unpaired) electrons. The van der Waals surface area contributed by atoms with Gasteiger partial charge in [-0.3, -0.25) is 0 Å². The Bertz CT molecular complexity index is 275. The van der Waals surface area contributed by atoms with Crippen LogP contribution in [0, 0.1) is 0 Å². The van der Waals surface area contributed by atoms with Crippen LogP contribution < -0.4 is 0 Å². The Balaban J connectivity index is 2.30. The molecule has 1 aliphatic rings. The molecule has 0 aromatic heterocycles. The molecule has 0 aromatic carbocycles. The molecule has 0 spiro atoms. The highest BCUT2D eigenvalue weighted by Crippen LogP contribution is 2.22. The number of nitrogens with zero attached hydrogens (tertiary/aromatic N) is 2. The summed E-state index contributed by atoms with van der Waals surface area (Å²) in [6.45, 7) is 9.37. The molecule has 1 aliphatic heterocycles. The van der Waals surface area contributed by atoms with Crippen LogP contribution in [0.5, 0.6) is 0 Å². The summed E-state index contributed by atoms with van der Waals surface area (Å²) in [4.78, 5) is 5.21. The normalized spacial score (nSPS) is 17.7. The van der Waals surface area contributed by atoms with E-state index in [1.165, 1.54) is 90.1 Å². The molecule has 0 aliphatic carbocycles. The van der Waals surface area contributed by atoms with E-state index in [4.69, 9.17) is 0 Å². The molecule has 1 unspecified atom stereocenters. The van der Waals surface area contributed by atoms with Crippen LogP contribution >= 0.6 is 0 Å². The van der Waals surface area contributed by atoms with Gasteiger partial charge in [0.25, 0.3) is 0 Å². The van der Waals surface area contributed by atoms with E-state index in [1.54, 1.807) is 0 Å². The predicted octanol–water partition coefficient (Wildman–Crippen LogP) is 6.14. The highest BCUT2D eigenvalue weighted by atomic mass is 15.4. The minimum Gasteiger partial charge on any atom is -0.356 e. The lowest BCUT2D eigenvalue weighted by Crippen LogP contribution is -2.39. The average Bonchev–Trinajstić information content (AvgIpc) is 2.91. The molecule has 22 heavy (non-hydrogen) atoms. The van der Waals surface area contributed by atoms with Gasteiger partial charge in [0.05, 0.1) is 0 Å². The summed E-state index contributed by atoms with van der Waals surface area (Å²) in [7, 11) is 0. The molecule has 0 fully saturated rings. The minimum absolute atomic E-state index is 0.647. The molecule has 130 valence electrons. The fourth-order valence-corrected chi connectivity index (χ4v) is 3.33. The molecule has 1 heterocycles. The van der Waals surface area contributed by atoms with Gasteiger partial charge in [0.2, 0.25) is 0 Å². The van der Waals surface area contributed by atoms with Crippen molar-refractivity contribution in [3.8, 4) is 0 Å². The first kappa shape index (κ1) is 19.4. The van der Waals surface area contributed by atoms with E-state index in [0.29, 0.717) is 6.17 Å². The summed E-state index contributed by atoms with van der Waals surface area (Å²) in [5.41, 5.74) is 0. The number of hydrogen-bond donors (Lipinski definition) is 0. The predicted molar refractivity (Wildman–Crippen MR) is 98.8 cm³/mol. The van der Waals surface area contributed by atoms with Crippen molar-refractivity contribution in [2.75, 3.05) is 13.1 Å². The van der Waals surface area contributed by atoms with Gasteiger partial charge in [0.1, 0.15) is 6.17 Å². The Labute approximate surface area is 139 Å². The second-order valence-corrected chi connectivity index (χ2v) is 6.87. The van der Waals surface area contributed by atoms with E-state index in [2.05, 4.69) is 43.0 Å². The molecule has 2 nitrogen and oxygen atoms in total. The van der Waals surface area contributed by atoms with Crippen molar-refractivity contribution >= 4 is 0 Å². The van der Waals surface area contributed by atoms with Crippen LogP contribution in [0.25, 0.3) is 0 Å². The zero-order chi connectivity index (χ0) is 16.0. The lowest BCUT2D eigenvalue weighted by molar-refractivity contribution is 0.136. The van der Waals surface area contributed by atoms with Crippen LogP contribution in [0.3, 0.4) is 0 Å². The average molecular weight is 309 g/mol. The van der Waals surface area contributed by atoms with E-state index in [-0.39, 0.29) is 0 Å². The minimum atomic E-state index is 0.647. The van der Waals surface area contributed by atoms with E-state index < -0.39 is 0 Å². The van der Waals surface area contributed by atoms with Gasteiger partial charge in [-0.15, -0.1) is 0 Å².